The minimum absolute atomic E-state index is 0.0928. The Bertz CT molecular complexity index is 872. The van der Waals surface area contributed by atoms with Crippen molar-refractivity contribution in [2.75, 3.05) is 11.3 Å². The number of ether oxygens (including phenoxy) is 1. The number of hydrogen-bond acceptors (Lipinski definition) is 5. The summed E-state index contributed by atoms with van der Waals surface area (Å²) in [4.78, 5) is 13.4. The second-order valence-electron chi connectivity index (χ2n) is 5.34. The van der Waals surface area contributed by atoms with E-state index in [0.29, 0.717) is 15.6 Å². The molecular weight excluding hydrogens is 370 g/mol. The standard InChI is InChI=1S/C16H16ClNO4S2/c1-2-22-16(19)14-12-4-3-5-13(12)23-15(14)18-24(20,21)11-8-6-10(17)7-9-11/h6-9,18H,2-5H2,1H3. The Morgan fingerprint density at radius 1 is 1.29 bits per heavy atom. The smallest absolute Gasteiger partial charge is 0.341 e. The summed E-state index contributed by atoms with van der Waals surface area (Å²) >= 11 is 7.11. The molecule has 0 spiro atoms. The zero-order valence-electron chi connectivity index (χ0n) is 13.0. The number of halogens is 1. The van der Waals surface area contributed by atoms with Gasteiger partial charge in [0.15, 0.2) is 0 Å². The van der Waals surface area contributed by atoms with Gasteiger partial charge >= 0.3 is 5.97 Å². The average Bonchev–Trinajstić information content (AvgIpc) is 3.07. The summed E-state index contributed by atoms with van der Waals surface area (Å²) in [5.74, 6) is -0.481. The van der Waals surface area contributed by atoms with Crippen LogP contribution in [-0.2, 0) is 27.6 Å². The van der Waals surface area contributed by atoms with Crippen LogP contribution in [-0.4, -0.2) is 21.0 Å². The molecule has 0 atom stereocenters. The molecular formula is C16H16ClNO4S2. The molecule has 8 heteroatoms. The Hall–Kier alpha value is -1.57. The van der Waals surface area contributed by atoms with Gasteiger partial charge in [0.1, 0.15) is 5.00 Å². The summed E-state index contributed by atoms with van der Waals surface area (Å²) < 4.78 is 32.8. The highest BCUT2D eigenvalue weighted by molar-refractivity contribution is 7.93. The summed E-state index contributed by atoms with van der Waals surface area (Å²) in [5, 5.41) is 0.782. The van der Waals surface area contributed by atoms with Gasteiger partial charge in [-0.15, -0.1) is 11.3 Å². The number of benzene rings is 1. The normalized spacial score (nSPS) is 13.6. The molecule has 3 rings (SSSR count). The molecule has 1 aliphatic rings. The van der Waals surface area contributed by atoms with Crippen LogP contribution in [0.2, 0.25) is 5.02 Å². The van der Waals surface area contributed by atoms with Crippen molar-refractivity contribution in [3.05, 3.63) is 45.3 Å². The van der Waals surface area contributed by atoms with Crippen LogP contribution >= 0.6 is 22.9 Å². The van der Waals surface area contributed by atoms with Crippen LogP contribution in [0.5, 0.6) is 0 Å². The summed E-state index contributed by atoms with van der Waals surface area (Å²) in [5.41, 5.74) is 1.26. The van der Waals surface area contributed by atoms with Crippen LogP contribution in [0.3, 0.4) is 0 Å². The molecule has 0 saturated carbocycles. The number of hydrogen-bond donors (Lipinski definition) is 1. The molecule has 24 heavy (non-hydrogen) atoms. The number of thiophene rings is 1. The lowest BCUT2D eigenvalue weighted by atomic mass is 10.1. The fourth-order valence-corrected chi connectivity index (χ4v) is 5.40. The van der Waals surface area contributed by atoms with Crippen molar-refractivity contribution in [2.45, 2.75) is 31.1 Å². The predicted molar refractivity (Wildman–Crippen MR) is 94.6 cm³/mol. The Labute approximate surface area is 149 Å². The first kappa shape index (κ1) is 17.3. The Kier molecular flexibility index (Phi) is 4.85. The third-order valence-corrected chi connectivity index (χ3v) is 6.71. The summed E-state index contributed by atoms with van der Waals surface area (Å²) in [6.07, 6.45) is 2.59. The lowest BCUT2D eigenvalue weighted by Gasteiger charge is -2.10. The molecule has 0 saturated heterocycles. The fourth-order valence-electron chi connectivity index (χ4n) is 2.69. The highest BCUT2D eigenvalue weighted by Crippen LogP contribution is 2.40. The van der Waals surface area contributed by atoms with E-state index in [1.165, 1.54) is 35.6 Å². The molecule has 128 valence electrons. The molecule has 5 nitrogen and oxygen atoms in total. The van der Waals surface area contributed by atoms with Gasteiger partial charge < -0.3 is 4.74 Å². The largest absolute Gasteiger partial charge is 0.462 e. The number of sulfonamides is 1. The molecule has 0 bridgehead atoms. The van der Waals surface area contributed by atoms with Crippen molar-refractivity contribution in [3.8, 4) is 0 Å². The number of anilines is 1. The van der Waals surface area contributed by atoms with Crippen LogP contribution in [0.25, 0.3) is 0 Å². The average molecular weight is 386 g/mol. The quantitative estimate of drug-likeness (QED) is 0.793. The van der Waals surface area contributed by atoms with E-state index < -0.39 is 16.0 Å². The highest BCUT2D eigenvalue weighted by atomic mass is 35.5. The van der Waals surface area contributed by atoms with Gasteiger partial charge in [-0.05, 0) is 56.0 Å². The highest BCUT2D eigenvalue weighted by Gasteiger charge is 2.29. The van der Waals surface area contributed by atoms with Crippen molar-refractivity contribution in [2.24, 2.45) is 0 Å². The predicted octanol–water partition coefficient (Wildman–Crippen LogP) is 3.87. The molecule has 1 aromatic heterocycles. The maximum atomic E-state index is 12.6. The van der Waals surface area contributed by atoms with Crippen LogP contribution in [0.4, 0.5) is 5.00 Å². The first-order valence-corrected chi connectivity index (χ1v) is 10.2. The zero-order chi connectivity index (χ0) is 17.3. The maximum Gasteiger partial charge on any atom is 0.341 e. The van der Waals surface area contributed by atoms with Crippen molar-refractivity contribution in [1.29, 1.82) is 0 Å². The maximum absolute atomic E-state index is 12.6. The van der Waals surface area contributed by atoms with Crippen LogP contribution < -0.4 is 4.72 Å². The van der Waals surface area contributed by atoms with Crippen molar-refractivity contribution in [1.82, 2.24) is 0 Å². The van der Waals surface area contributed by atoms with Gasteiger partial charge in [0, 0.05) is 9.90 Å². The minimum Gasteiger partial charge on any atom is -0.462 e. The van der Waals surface area contributed by atoms with E-state index in [0.717, 1.165) is 29.7 Å². The number of nitrogens with one attached hydrogen (secondary N) is 1. The van der Waals surface area contributed by atoms with Crippen LogP contribution in [0.15, 0.2) is 29.2 Å². The van der Waals surface area contributed by atoms with E-state index in [2.05, 4.69) is 4.72 Å². The number of fused-ring (bicyclic) bond motifs is 1. The molecule has 0 fully saturated rings. The van der Waals surface area contributed by atoms with Gasteiger partial charge in [0.05, 0.1) is 17.1 Å². The second kappa shape index (κ2) is 6.74. The van der Waals surface area contributed by atoms with Crippen molar-refractivity contribution < 1.29 is 17.9 Å². The molecule has 0 amide bonds. The summed E-state index contributed by atoms with van der Waals surface area (Å²) in [7, 11) is -3.79. The van der Waals surface area contributed by atoms with E-state index in [-0.39, 0.29) is 11.5 Å². The van der Waals surface area contributed by atoms with Gasteiger partial charge in [-0.25, -0.2) is 13.2 Å². The number of carbonyl (C=O) groups excluding carboxylic acids is 1. The number of carbonyl (C=O) groups is 1. The third kappa shape index (κ3) is 3.29. The van der Waals surface area contributed by atoms with Gasteiger partial charge in [-0.3, -0.25) is 4.72 Å². The van der Waals surface area contributed by atoms with E-state index in [4.69, 9.17) is 16.3 Å². The van der Waals surface area contributed by atoms with Gasteiger partial charge in [0.25, 0.3) is 10.0 Å². The van der Waals surface area contributed by atoms with Crippen molar-refractivity contribution in [3.63, 3.8) is 0 Å². The zero-order valence-corrected chi connectivity index (χ0v) is 15.4. The topological polar surface area (TPSA) is 72.5 Å². The lowest BCUT2D eigenvalue weighted by molar-refractivity contribution is 0.0527. The minimum atomic E-state index is -3.79. The van der Waals surface area contributed by atoms with Crippen LogP contribution in [0, 0.1) is 0 Å². The first-order valence-electron chi connectivity index (χ1n) is 7.52. The molecule has 1 heterocycles. The van der Waals surface area contributed by atoms with Gasteiger partial charge in [0.2, 0.25) is 0 Å². The molecule has 0 radical (unpaired) electrons. The third-order valence-electron chi connectivity index (χ3n) is 3.75. The molecule has 0 unspecified atom stereocenters. The Morgan fingerprint density at radius 3 is 2.67 bits per heavy atom. The van der Waals surface area contributed by atoms with E-state index >= 15 is 0 Å². The lowest BCUT2D eigenvalue weighted by Crippen LogP contribution is -2.15. The monoisotopic (exact) mass is 385 g/mol. The molecule has 1 N–H and O–H groups in total. The Morgan fingerprint density at radius 2 is 2.00 bits per heavy atom. The van der Waals surface area contributed by atoms with Crippen LogP contribution in [0.1, 0.15) is 34.1 Å². The number of rotatable bonds is 5. The Balaban J connectivity index is 1.98. The van der Waals surface area contributed by atoms with Gasteiger partial charge in [-0.2, -0.15) is 0 Å². The number of esters is 1. The molecule has 2 aromatic rings. The molecule has 0 aliphatic heterocycles. The molecule has 1 aliphatic carbocycles. The number of aryl methyl sites for hydroxylation is 1. The SMILES string of the molecule is CCOC(=O)c1c(NS(=O)(=O)c2ccc(Cl)cc2)sc2c1CCC2. The first-order chi connectivity index (χ1) is 11.4. The van der Waals surface area contributed by atoms with E-state index in [1.807, 2.05) is 0 Å². The fraction of sp³-hybridized carbons (Fsp3) is 0.312. The molecule has 1 aromatic carbocycles. The van der Waals surface area contributed by atoms with Gasteiger partial charge in [-0.1, -0.05) is 11.6 Å². The summed E-state index contributed by atoms with van der Waals surface area (Å²) in [6, 6.07) is 5.87. The van der Waals surface area contributed by atoms with E-state index in [1.54, 1.807) is 6.92 Å². The van der Waals surface area contributed by atoms with Crippen molar-refractivity contribution >= 4 is 43.9 Å². The summed E-state index contributed by atoms with van der Waals surface area (Å²) in [6.45, 7) is 1.97. The second-order valence-corrected chi connectivity index (χ2v) is 8.57. The van der Waals surface area contributed by atoms with E-state index in [9.17, 15) is 13.2 Å².